The Morgan fingerprint density at radius 3 is 2.61 bits per heavy atom. The van der Waals surface area contributed by atoms with Crippen molar-refractivity contribution in [3.63, 3.8) is 0 Å². The zero-order chi connectivity index (χ0) is 19.6. The van der Waals surface area contributed by atoms with Crippen LogP contribution in [0.2, 0.25) is 5.02 Å². The van der Waals surface area contributed by atoms with Gasteiger partial charge in [-0.05, 0) is 47.5 Å². The average molecular weight is 396 g/mol. The summed E-state index contributed by atoms with van der Waals surface area (Å²) in [5, 5.41) is 6.86. The average Bonchev–Trinajstić information content (AvgIpc) is 2.72. The second-order valence-electron chi connectivity index (χ2n) is 7.27. The van der Waals surface area contributed by atoms with Crippen LogP contribution in [0.15, 0.2) is 60.7 Å². The lowest BCUT2D eigenvalue weighted by Gasteiger charge is -2.15. The zero-order valence-electron chi connectivity index (χ0n) is 16.7. The van der Waals surface area contributed by atoms with Crippen molar-refractivity contribution in [3.05, 3.63) is 76.8 Å². The van der Waals surface area contributed by atoms with E-state index in [-0.39, 0.29) is 0 Å². The number of nitrogens with one attached hydrogen (secondary N) is 1. The maximum atomic E-state index is 6.20. The predicted molar refractivity (Wildman–Crippen MR) is 120 cm³/mol. The van der Waals surface area contributed by atoms with Crippen molar-refractivity contribution in [3.8, 4) is 5.75 Å². The molecule has 0 saturated heterocycles. The molecule has 3 aromatic carbocycles. The molecule has 0 atom stereocenters. The fourth-order valence-corrected chi connectivity index (χ4v) is 3.70. The van der Waals surface area contributed by atoms with Crippen molar-refractivity contribution in [2.75, 3.05) is 6.54 Å². The maximum Gasteiger partial charge on any atom is 0.124 e. The highest BCUT2D eigenvalue weighted by molar-refractivity contribution is 6.30. The van der Waals surface area contributed by atoms with Gasteiger partial charge < -0.3 is 10.1 Å². The summed E-state index contributed by atoms with van der Waals surface area (Å²) in [6.45, 7) is 4.63. The summed E-state index contributed by atoms with van der Waals surface area (Å²) in [6, 6.07) is 20.6. The van der Waals surface area contributed by atoms with Gasteiger partial charge in [0.05, 0.1) is 0 Å². The molecule has 28 heavy (non-hydrogen) atoms. The van der Waals surface area contributed by atoms with Gasteiger partial charge in [0.1, 0.15) is 12.4 Å². The molecule has 0 amide bonds. The van der Waals surface area contributed by atoms with Crippen LogP contribution in [0.4, 0.5) is 0 Å². The normalized spacial score (nSPS) is 11.1. The van der Waals surface area contributed by atoms with E-state index in [9.17, 15) is 0 Å². The molecule has 0 aromatic heterocycles. The minimum Gasteiger partial charge on any atom is -0.489 e. The van der Waals surface area contributed by atoms with Gasteiger partial charge in [-0.3, -0.25) is 0 Å². The topological polar surface area (TPSA) is 21.3 Å². The van der Waals surface area contributed by atoms with E-state index in [2.05, 4.69) is 48.6 Å². The predicted octanol–water partition coefficient (Wildman–Crippen LogP) is 7.13. The first-order valence-corrected chi connectivity index (χ1v) is 10.7. The van der Waals surface area contributed by atoms with Crippen molar-refractivity contribution < 1.29 is 4.74 Å². The quantitative estimate of drug-likeness (QED) is 0.348. The molecule has 0 aliphatic rings. The van der Waals surface area contributed by atoms with Crippen molar-refractivity contribution in [2.24, 2.45) is 0 Å². The van der Waals surface area contributed by atoms with Crippen LogP contribution in [0.5, 0.6) is 5.75 Å². The van der Waals surface area contributed by atoms with Crippen molar-refractivity contribution in [2.45, 2.75) is 52.2 Å². The summed E-state index contributed by atoms with van der Waals surface area (Å²) in [4.78, 5) is 0. The third-order valence-electron chi connectivity index (χ3n) is 5.04. The Hall–Kier alpha value is -2.03. The summed E-state index contributed by atoms with van der Waals surface area (Å²) in [5.41, 5.74) is 2.31. The van der Waals surface area contributed by atoms with Crippen LogP contribution in [0.25, 0.3) is 10.8 Å². The van der Waals surface area contributed by atoms with Crippen LogP contribution in [0, 0.1) is 0 Å². The number of hydrogen-bond donors (Lipinski definition) is 1. The molecular formula is C25H30ClNO. The first-order valence-electron chi connectivity index (χ1n) is 10.4. The van der Waals surface area contributed by atoms with E-state index in [0.717, 1.165) is 29.4 Å². The Balaban J connectivity index is 1.67. The molecule has 3 aromatic rings. The Kier molecular flexibility index (Phi) is 8.20. The van der Waals surface area contributed by atoms with Gasteiger partial charge in [0, 0.05) is 17.1 Å². The highest BCUT2D eigenvalue weighted by atomic mass is 35.5. The van der Waals surface area contributed by atoms with Crippen LogP contribution >= 0.6 is 11.6 Å². The van der Waals surface area contributed by atoms with E-state index in [1.807, 2.05) is 24.3 Å². The smallest absolute Gasteiger partial charge is 0.124 e. The SMILES string of the molecule is CCCCCCCNCc1c(OCc2cccc(Cl)c2)ccc2ccccc12. The van der Waals surface area contributed by atoms with Gasteiger partial charge in [-0.2, -0.15) is 0 Å². The van der Waals surface area contributed by atoms with Crippen LogP contribution in [-0.4, -0.2) is 6.54 Å². The van der Waals surface area contributed by atoms with Crippen molar-refractivity contribution in [1.82, 2.24) is 5.32 Å². The number of benzene rings is 3. The van der Waals surface area contributed by atoms with Crippen LogP contribution in [0.1, 0.15) is 50.2 Å². The summed E-state index contributed by atoms with van der Waals surface area (Å²) in [5.74, 6) is 0.942. The lowest BCUT2D eigenvalue weighted by molar-refractivity contribution is 0.302. The lowest BCUT2D eigenvalue weighted by atomic mass is 10.0. The van der Waals surface area contributed by atoms with Gasteiger partial charge in [0.2, 0.25) is 0 Å². The number of ether oxygens (including phenoxy) is 1. The van der Waals surface area contributed by atoms with Gasteiger partial charge in [-0.25, -0.2) is 0 Å². The fraction of sp³-hybridized carbons (Fsp3) is 0.360. The molecule has 0 aliphatic heterocycles. The summed E-state index contributed by atoms with van der Waals surface area (Å²) in [7, 11) is 0. The molecule has 0 aliphatic carbocycles. The van der Waals surface area contributed by atoms with Crippen LogP contribution < -0.4 is 10.1 Å². The highest BCUT2D eigenvalue weighted by Gasteiger charge is 2.09. The van der Waals surface area contributed by atoms with Crippen LogP contribution in [-0.2, 0) is 13.2 Å². The van der Waals surface area contributed by atoms with E-state index < -0.39 is 0 Å². The molecular weight excluding hydrogens is 366 g/mol. The zero-order valence-corrected chi connectivity index (χ0v) is 17.5. The molecule has 0 unspecified atom stereocenters. The number of halogens is 1. The number of unbranched alkanes of at least 4 members (excludes halogenated alkanes) is 4. The Morgan fingerprint density at radius 2 is 1.75 bits per heavy atom. The molecule has 3 heteroatoms. The third-order valence-corrected chi connectivity index (χ3v) is 5.27. The van der Waals surface area contributed by atoms with Gasteiger partial charge in [0.15, 0.2) is 0 Å². The van der Waals surface area contributed by atoms with E-state index in [0.29, 0.717) is 6.61 Å². The molecule has 0 fully saturated rings. The third kappa shape index (κ3) is 5.98. The minimum absolute atomic E-state index is 0.517. The molecule has 148 valence electrons. The molecule has 0 saturated carbocycles. The molecule has 3 rings (SSSR count). The first-order chi connectivity index (χ1) is 13.8. The maximum absolute atomic E-state index is 6.20. The second kappa shape index (κ2) is 11.1. The molecule has 0 bridgehead atoms. The van der Waals surface area contributed by atoms with Crippen LogP contribution in [0.3, 0.4) is 0 Å². The number of rotatable bonds is 11. The Bertz CT molecular complexity index is 877. The number of hydrogen-bond acceptors (Lipinski definition) is 2. The summed E-state index contributed by atoms with van der Waals surface area (Å²) >= 11 is 6.10. The molecule has 0 heterocycles. The largest absolute Gasteiger partial charge is 0.489 e. The van der Waals surface area contributed by atoms with E-state index in [1.54, 1.807) is 0 Å². The Labute approximate surface area is 173 Å². The highest BCUT2D eigenvalue weighted by Crippen LogP contribution is 2.29. The van der Waals surface area contributed by atoms with Gasteiger partial charge in [-0.15, -0.1) is 0 Å². The summed E-state index contributed by atoms with van der Waals surface area (Å²) < 4.78 is 6.20. The van der Waals surface area contributed by atoms with Gasteiger partial charge in [-0.1, -0.05) is 86.7 Å². The fourth-order valence-electron chi connectivity index (χ4n) is 3.49. The monoisotopic (exact) mass is 395 g/mol. The molecule has 0 spiro atoms. The molecule has 2 nitrogen and oxygen atoms in total. The number of fused-ring (bicyclic) bond motifs is 1. The van der Waals surface area contributed by atoms with Crippen molar-refractivity contribution in [1.29, 1.82) is 0 Å². The van der Waals surface area contributed by atoms with E-state index in [1.165, 1.54) is 48.4 Å². The summed E-state index contributed by atoms with van der Waals surface area (Å²) in [6.07, 6.45) is 6.49. The van der Waals surface area contributed by atoms with Gasteiger partial charge >= 0.3 is 0 Å². The van der Waals surface area contributed by atoms with E-state index >= 15 is 0 Å². The molecule has 1 N–H and O–H groups in total. The first kappa shape index (κ1) is 20.7. The second-order valence-corrected chi connectivity index (χ2v) is 7.71. The van der Waals surface area contributed by atoms with Gasteiger partial charge in [0.25, 0.3) is 0 Å². The standard InChI is InChI=1S/C25H30ClNO/c1-2-3-4-5-8-16-27-18-24-23-13-7-6-11-21(23)14-15-25(24)28-19-20-10-9-12-22(26)17-20/h6-7,9-15,17,27H,2-5,8,16,18-19H2,1H3. The minimum atomic E-state index is 0.517. The van der Waals surface area contributed by atoms with Crippen molar-refractivity contribution >= 4 is 22.4 Å². The molecule has 0 radical (unpaired) electrons. The lowest BCUT2D eigenvalue weighted by Crippen LogP contribution is -2.16. The Morgan fingerprint density at radius 1 is 0.893 bits per heavy atom. The van der Waals surface area contributed by atoms with E-state index in [4.69, 9.17) is 16.3 Å².